The molecule has 2 fully saturated rings. The number of anilines is 2. The van der Waals surface area contributed by atoms with E-state index >= 15 is 0 Å². The molecular weight excluding hydrogens is 342 g/mol. The van der Waals surface area contributed by atoms with Crippen LogP contribution in [0, 0.1) is 0 Å². The number of fused-ring (bicyclic) bond motifs is 1. The summed E-state index contributed by atoms with van der Waals surface area (Å²) in [6.07, 6.45) is 4.35. The number of aromatic nitrogens is 2. The molecule has 1 amide bonds. The first kappa shape index (κ1) is 18.0. The van der Waals surface area contributed by atoms with E-state index in [1.54, 1.807) is 6.33 Å². The van der Waals surface area contributed by atoms with Crippen LogP contribution >= 0.6 is 0 Å². The van der Waals surface area contributed by atoms with Crippen molar-refractivity contribution in [2.75, 3.05) is 56.7 Å². The predicted molar refractivity (Wildman–Crippen MR) is 106 cm³/mol. The van der Waals surface area contributed by atoms with Gasteiger partial charge in [-0.3, -0.25) is 4.79 Å². The monoisotopic (exact) mass is 369 g/mol. The summed E-state index contributed by atoms with van der Waals surface area (Å²) >= 11 is 0. The number of nitrogens with zero attached hydrogens (tertiary/aromatic N) is 5. The van der Waals surface area contributed by atoms with Gasteiger partial charge in [0.25, 0.3) is 0 Å². The lowest BCUT2D eigenvalue weighted by Gasteiger charge is -2.36. The van der Waals surface area contributed by atoms with E-state index in [2.05, 4.69) is 27.0 Å². The Hall–Kier alpha value is -2.41. The maximum absolute atomic E-state index is 12.5. The first-order valence-corrected chi connectivity index (χ1v) is 9.68. The van der Waals surface area contributed by atoms with Gasteiger partial charge in [0.1, 0.15) is 12.1 Å². The maximum atomic E-state index is 12.5. The summed E-state index contributed by atoms with van der Waals surface area (Å²) in [5.74, 6) is 1.15. The number of amides is 1. The highest BCUT2D eigenvalue weighted by molar-refractivity contribution is 5.91. The lowest BCUT2D eigenvalue weighted by Crippen LogP contribution is -2.49. The van der Waals surface area contributed by atoms with Gasteiger partial charge >= 0.3 is 0 Å². The molecule has 0 spiro atoms. The van der Waals surface area contributed by atoms with Crippen LogP contribution in [-0.2, 0) is 9.53 Å². The molecular formula is C20H27N5O2. The van der Waals surface area contributed by atoms with Gasteiger partial charge in [-0.15, -0.1) is 0 Å². The molecule has 2 aliphatic heterocycles. The quantitative estimate of drug-likeness (QED) is 0.821. The molecule has 2 aromatic rings. The van der Waals surface area contributed by atoms with Crippen LogP contribution in [0.3, 0.4) is 0 Å². The van der Waals surface area contributed by atoms with Crippen LogP contribution in [0.2, 0.25) is 0 Å². The molecule has 4 rings (SSSR count). The SMILES string of the molecule is CN(C)c1ncnc2ccc(N3CCN(C(=O)CC4CCCO4)CC3)cc12. The number of benzene rings is 1. The Morgan fingerprint density at radius 3 is 2.74 bits per heavy atom. The van der Waals surface area contributed by atoms with E-state index in [9.17, 15) is 4.79 Å². The molecule has 144 valence electrons. The average molecular weight is 369 g/mol. The van der Waals surface area contributed by atoms with Crippen molar-refractivity contribution in [3.05, 3.63) is 24.5 Å². The number of hydrogen-bond donors (Lipinski definition) is 0. The molecule has 7 nitrogen and oxygen atoms in total. The zero-order valence-corrected chi connectivity index (χ0v) is 16.1. The molecule has 3 heterocycles. The predicted octanol–water partition coefficient (Wildman–Crippen LogP) is 1.91. The number of hydrogen-bond acceptors (Lipinski definition) is 6. The van der Waals surface area contributed by atoms with Gasteiger partial charge in [0.2, 0.25) is 5.91 Å². The van der Waals surface area contributed by atoms with E-state index in [4.69, 9.17) is 4.74 Å². The lowest BCUT2D eigenvalue weighted by atomic mass is 10.1. The Kier molecular flexibility index (Phi) is 5.11. The van der Waals surface area contributed by atoms with Crippen LogP contribution in [0.4, 0.5) is 11.5 Å². The molecule has 0 bridgehead atoms. The van der Waals surface area contributed by atoms with Crippen LogP contribution in [-0.4, -0.2) is 73.8 Å². The third-order valence-electron chi connectivity index (χ3n) is 5.45. The van der Waals surface area contributed by atoms with Crippen molar-refractivity contribution >= 4 is 28.3 Å². The van der Waals surface area contributed by atoms with Gasteiger partial charge in [0.15, 0.2) is 0 Å². The van der Waals surface area contributed by atoms with E-state index in [1.165, 1.54) is 0 Å². The van der Waals surface area contributed by atoms with E-state index in [1.807, 2.05) is 30.0 Å². The van der Waals surface area contributed by atoms with Crippen molar-refractivity contribution in [1.82, 2.24) is 14.9 Å². The number of carbonyl (C=O) groups excluding carboxylic acids is 1. The summed E-state index contributed by atoms with van der Waals surface area (Å²) in [7, 11) is 3.99. The zero-order valence-electron chi connectivity index (χ0n) is 16.1. The fourth-order valence-corrected chi connectivity index (χ4v) is 3.93. The summed E-state index contributed by atoms with van der Waals surface area (Å²) < 4.78 is 5.60. The van der Waals surface area contributed by atoms with Crippen LogP contribution < -0.4 is 9.80 Å². The highest BCUT2D eigenvalue weighted by Crippen LogP contribution is 2.27. The van der Waals surface area contributed by atoms with Gasteiger partial charge in [0, 0.05) is 58.0 Å². The molecule has 0 aliphatic carbocycles. The molecule has 0 N–H and O–H groups in total. The molecule has 2 aliphatic rings. The second-order valence-corrected chi connectivity index (χ2v) is 7.50. The minimum absolute atomic E-state index is 0.125. The van der Waals surface area contributed by atoms with E-state index in [0.717, 1.165) is 68.0 Å². The van der Waals surface area contributed by atoms with E-state index in [0.29, 0.717) is 6.42 Å². The zero-order chi connectivity index (χ0) is 18.8. The third-order valence-corrected chi connectivity index (χ3v) is 5.45. The van der Waals surface area contributed by atoms with Gasteiger partial charge in [-0.1, -0.05) is 0 Å². The van der Waals surface area contributed by atoms with Crippen LogP contribution in [0.5, 0.6) is 0 Å². The molecule has 1 atom stereocenters. The van der Waals surface area contributed by atoms with Crippen molar-refractivity contribution in [2.45, 2.75) is 25.4 Å². The molecule has 1 aromatic heterocycles. The first-order valence-electron chi connectivity index (χ1n) is 9.68. The molecule has 27 heavy (non-hydrogen) atoms. The second-order valence-electron chi connectivity index (χ2n) is 7.50. The Morgan fingerprint density at radius 1 is 1.22 bits per heavy atom. The van der Waals surface area contributed by atoms with Crippen molar-refractivity contribution in [2.24, 2.45) is 0 Å². The van der Waals surface area contributed by atoms with Crippen molar-refractivity contribution < 1.29 is 9.53 Å². The second kappa shape index (κ2) is 7.68. The number of carbonyl (C=O) groups is 1. The highest BCUT2D eigenvalue weighted by atomic mass is 16.5. The maximum Gasteiger partial charge on any atom is 0.225 e. The molecule has 1 aromatic carbocycles. The standard InChI is InChI=1S/C20H27N5O2/c1-23(2)20-17-12-15(5-6-18(17)21-14-22-20)24-7-9-25(10-8-24)19(26)13-16-4-3-11-27-16/h5-6,12,14,16H,3-4,7-11,13H2,1-2H3. The molecule has 0 radical (unpaired) electrons. The summed E-state index contributed by atoms with van der Waals surface area (Å²) in [5, 5.41) is 1.05. The lowest BCUT2D eigenvalue weighted by molar-refractivity contribution is -0.133. The number of rotatable bonds is 4. The van der Waals surface area contributed by atoms with Crippen LogP contribution in [0.25, 0.3) is 10.9 Å². The van der Waals surface area contributed by atoms with Gasteiger partial charge in [-0.05, 0) is 31.0 Å². The van der Waals surface area contributed by atoms with Gasteiger partial charge in [-0.25, -0.2) is 9.97 Å². The fraction of sp³-hybridized carbons (Fsp3) is 0.550. The summed E-state index contributed by atoms with van der Waals surface area (Å²) in [4.78, 5) is 27.6. The third kappa shape index (κ3) is 3.83. The first-order chi connectivity index (χ1) is 13.1. The highest BCUT2D eigenvalue weighted by Gasteiger charge is 2.26. The van der Waals surface area contributed by atoms with Crippen molar-refractivity contribution in [1.29, 1.82) is 0 Å². The fourth-order valence-electron chi connectivity index (χ4n) is 3.93. The minimum atomic E-state index is 0.125. The Morgan fingerprint density at radius 2 is 2.04 bits per heavy atom. The van der Waals surface area contributed by atoms with E-state index in [-0.39, 0.29) is 12.0 Å². The Balaban J connectivity index is 1.43. The van der Waals surface area contributed by atoms with Crippen LogP contribution in [0.15, 0.2) is 24.5 Å². The smallest absolute Gasteiger partial charge is 0.225 e. The number of piperazine rings is 1. The summed E-state index contributed by atoms with van der Waals surface area (Å²) in [6, 6.07) is 6.32. The Labute approximate surface area is 159 Å². The summed E-state index contributed by atoms with van der Waals surface area (Å²) in [5.41, 5.74) is 2.11. The van der Waals surface area contributed by atoms with Crippen molar-refractivity contribution in [3.8, 4) is 0 Å². The van der Waals surface area contributed by atoms with Gasteiger partial charge in [0.05, 0.1) is 18.0 Å². The number of ether oxygens (including phenoxy) is 1. The topological polar surface area (TPSA) is 61.8 Å². The molecule has 7 heteroatoms. The van der Waals surface area contributed by atoms with Crippen LogP contribution in [0.1, 0.15) is 19.3 Å². The molecule has 2 saturated heterocycles. The normalized spacial score (nSPS) is 20.3. The Bertz CT molecular complexity index is 811. The van der Waals surface area contributed by atoms with Crippen molar-refractivity contribution in [3.63, 3.8) is 0 Å². The average Bonchev–Trinajstić information content (AvgIpc) is 3.20. The van der Waals surface area contributed by atoms with E-state index < -0.39 is 0 Å². The molecule has 0 saturated carbocycles. The summed E-state index contributed by atoms with van der Waals surface area (Å²) in [6.45, 7) is 4.00. The minimum Gasteiger partial charge on any atom is -0.378 e. The van der Waals surface area contributed by atoms with Gasteiger partial charge < -0.3 is 19.4 Å². The largest absolute Gasteiger partial charge is 0.378 e. The van der Waals surface area contributed by atoms with Gasteiger partial charge in [-0.2, -0.15) is 0 Å². The molecule has 1 unspecified atom stereocenters.